The molecule has 0 saturated heterocycles. The highest BCUT2D eigenvalue weighted by molar-refractivity contribution is 6.42. The van der Waals surface area contributed by atoms with Gasteiger partial charge in [-0.25, -0.2) is 0 Å². The van der Waals surface area contributed by atoms with E-state index in [-0.39, 0.29) is 0 Å². The van der Waals surface area contributed by atoms with Gasteiger partial charge in [0.15, 0.2) is 0 Å². The lowest BCUT2D eigenvalue weighted by Crippen LogP contribution is -1.92. The molecule has 0 aromatic heterocycles. The van der Waals surface area contributed by atoms with Crippen molar-refractivity contribution in [2.45, 2.75) is 13.2 Å². The van der Waals surface area contributed by atoms with Crippen molar-refractivity contribution in [3.05, 3.63) is 103 Å². The molecular weight excluding hydrogens is 466 g/mol. The molecule has 3 aromatic rings. The summed E-state index contributed by atoms with van der Waals surface area (Å²) in [6.07, 6.45) is 3.16. The molecule has 0 fully saturated rings. The van der Waals surface area contributed by atoms with Gasteiger partial charge < -0.3 is 9.68 Å². The largest absolute Gasteiger partial charge is 0.391 e. The Morgan fingerprint density at radius 2 is 0.967 bits per heavy atom. The predicted octanol–water partition coefficient (Wildman–Crippen LogP) is 7.40. The third kappa shape index (κ3) is 6.92. The Hall–Kier alpha value is -2.24. The molecule has 0 saturated carbocycles. The average Bonchev–Trinajstić information content (AvgIpc) is 2.74. The van der Waals surface area contributed by atoms with Gasteiger partial charge in [0.05, 0.1) is 32.5 Å². The Bertz CT molecular complexity index is 969. The van der Waals surface area contributed by atoms with Crippen molar-refractivity contribution in [1.29, 1.82) is 0 Å². The third-order valence-electron chi connectivity index (χ3n) is 3.93. The highest BCUT2D eigenvalue weighted by Gasteiger charge is 1.99. The first-order valence-electron chi connectivity index (χ1n) is 8.80. The summed E-state index contributed by atoms with van der Waals surface area (Å²) in [5.41, 5.74) is 3.56. The first-order valence-corrected chi connectivity index (χ1v) is 10.3. The summed E-state index contributed by atoms with van der Waals surface area (Å²) >= 11 is 23.7. The van der Waals surface area contributed by atoms with E-state index in [0.29, 0.717) is 33.3 Å². The second-order valence-electron chi connectivity index (χ2n) is 6.18. The molecule has 0 spiro atoms. The quantitative estimate of drug-likeness (QED) is 0.248. The maximum absolute atomic E-state index is 5.96. The van der Waals surface area contributed by atoms with Gasteiger partial charge in [0.25, 0.3) is 0 Å². The molecule has 0 aliphatic rings. The second-order valence-corrected chi connectivity index (χ2v) is 7.81. The summed E-state index contributed by atoms with van der Waals surface area (Å²) in [6.45, 7) is 0.683. The van der Waals surface area contributed by atoms with Crippen molar-refractivity contribution in [1.82, 2.24) is 0 Å². The highest BCUT2D eigenvalue weighted by atomic mass is 35.5. The molecule has 3 rings (SSSR count). The zero-order valence-corrected chi connectivity index (χ0v) is 18.6. The van der Waals surface area contributed by atoms with Gasteiger partial charge >= 0.3 is 0 Å². The second kappa shape index (κ2) is 11.2. The first-order chi connectivity index (χ1) is 14.5. The fraction of sp³-hybridized carbons (Fsp3) is 0.0909. The maximum atomic E-state index is 5.96. The van der Waals surface area contributed by atoms with Crippen LogP contribution in [0.1, 0.15) is 22.3 Å². The van der Waals surface area contributed by atoms with Crippen molar-refractivity contribution in [2.75, 3.05) is 0 Å². The number of halogens is 4. The number of oxime groups is 2. The van der Waals surface area contributed by atoms with Crippen LogP contribution in [0, 0.1) is 0 Å². The van der Waals surface area contributed by atoms with Crippen LogP contribution in [0.25, 0.3) is 0 Å². The number of hydrogen-bond donors (Lipinski definition) is 0. The molecule has 0 heterocycles. The molecule has 0 bridgehead atoms. The first kappa shape index (κ1) is 22.4. The monoisotopic (exact) mass is 480 g/mol. The maximum Gasteiger partial charge on any atom is 0.142 e. The Morgan fingerprint density at radius 3 is 1.33 bits per heavy atom. The summed E-state index contributed by atoms with van der Waals surface area (Å²) in [5, 5.41) is 9.83. The van der Waals surface area contributed by atoms with Crippen LogP contribution >= 0.6 is 46.4 Å². The summed E-state index contributed by atoms with van der Waals surface area (Å²) in [4.78, 5) is 10.6. The van der Waals surface area contributed by atoms with Gasteiger partial charge in [0, 0.05) is 0 Å². The minimum Gasteiger partial charge on any atom is -0.391 e. The Balaban J connectivity index is 1.43. The third-order valence-corrected chi connectivity index (χ3v) is 5.40. The fourth-order valence-electron chi connectivity index (χ4n) is 2.34. The van der Waals surface area contributed by atoms with Gasteiger partial charge in [0.1, 0.15) is 13.2 Å². The SMILES string of the molecule is Clc1ccc(C=NOCc2ccc(CON=Cc3ccc(Cl)c(Cl)c3)cc2)cc1Cl. The number of rotatable bonds is 8. The van der Waals surface area contributed by atoms with Crippen LogP contribution in [0.2, 0.25) is 20.1 Å². The lowest BCUT2D eigenvalue weighted by molar-refractivity contribution is 0.130. The van der Waals surface area contributed by atoms with Gasteiger partial charge in [0.2, 0.25) is 0 Å². The predicted molar refractivity (Wildman–Crippen MR) is 124 cm³/mol. The van der Waals surface area contributed by atoms with E-state index in [9.17, 15) is 0 Å². The normalized spacial score (nSPS) is 11.3. The van der Waals surface area contributed by atoms with E-state index in [1.54, 1.807) is 48.8 Å². The van der Waals surface area contributed by atoms with Crippen LogP contribution in [-0.2, 0) is 22.9 Å². The van der Waals surface area contributed by atoms with Gasteiger partial charge in [-0.05, 0) is 46.5 Å². The molecule has 30 heavy (non-hydrogen) atoms. The summed E-state index contributed by atoms with van der Waals surface area (Å²) < 4.78 is 0. The molecule has 0 aliphatic heterocycles. The van der Waals surface area contributed by atoms with Crippen LogP contribution in [0.4, 0.5) is 0 Å². The molecule has 154 valence electrons. The van der Waals surface area contributed by atoms with E-state index < -0.39 is 0 Å². The summed E-state index contributed by atoms with van der Waals surface area (Å²) in [7, 11) is 0. The van der Waals surface area contributed by atoms with E-state index >= 15 is 0 Å². The van der Waals surface area contributed by atoms with Crippen molar-refractivity contribution in [3.8, 4) is 0 Å². The lowest BCUT2D eigenvalue weighted by Gasteiger charge is -2.03. The minimum absolute atomic E-state index is 0.342. The molecule has 3 aromatic carbocycles. The van der Waals surface area contributed by atoms with Crippen LogP contribution < -0.4 is 0 Å². The van der Waals surface area contributed by atoms with Crippen LogP contribution in [0.3, 0.4) is 0 Å². The number of hydrogen-bond acceptors (Lipinski definition) is 4. The molecule has 8 heteroatoms. The van der Waals surface area contributed by atoms with E-state index in [1.165, 1.54) is 0 Å². The number of benzene rings is 3. The van der Waals surface area contributed by atoms with Crippen molar-refractivity contribution >= 4 is 58.8 Å². The molecular formula is C22H16Cl4N2O2. The zero-order chi connectivity index (χ0) is 21.3. The standard InChI is InChI=1S/C22H16Cl4N2O2/c23-19-7-5-17(9-21(19)25)11-27-29-13-15-1-2-16(4-3-15)14-30-28-12-18-6-8-20(24)22(26)10-18/h1-12H,13-14H2. The van der Waals surface area contributed by atoms with E-state index in [2.05, 4.69) is 10.3 Å². The molecule has 4 nitrogen and oxygen atoms in total. The van der Waals surface area contributed by atoms with Gasteiger partial charge in [-0.3, -0.25) is 0 Å². The van der Waals surface area contributed by atoms with Crippen molar-refractivity contribution < 1.29 is 9.68 Å². The topological polar surface area (TPSA) is 43.2 Å². The summed E-state index contributed by atoms with van der Waals surface area (Å²) in [6, 6.07) is 18.2. The number of nitrogens with zero attached hydrogens (tertiary/aromatic N) is 2. The van der Waals surface area contributed by atoms with E-state index in [1.807, 2.05) is 24.3 Å². The smallest absolute Gasteiger partial charge is 0.142 e. The van der Waals surface area contributed by atoms with Gasteiger partial charge in [-0.15, -0.1) is 0 Å². The van der Waals surface area contributed by atoms with Crippen LogP contribution in [-0.4, -0.2) is 12.4 Å². The molecule has 0 unspecified atom stereocenters. The van der Waals surface area contributed by atoms with E-state index in [4.69, 9.17) is 56.1 Å². The fourth-order valence-corrected chi connectivity index (χ4v) is 2.95. The van der Waals surface area contributed by atoms with Gasteiger partial charge in [-0.1, -0.05) is 93.1 Å². The zero-order valence-electron chi connectivity index (χ0n) is 15.6. The molecule has 0 amide bonds. The summed E-state index contributed by atoms with van der Waals surface area (Å²) in [5.74, 6) is 0. The van der Waals surface area contributed by atoms with Crippen molar-refractivity contribution in [3.63, 3.8) is 0 Å². The van der Waals surface area contributed by atoms with Gasteiger partial charge in [-0.2, -0.15) is 0 Å². The Kier molecular flexibility index (Phi) is 8.40. The van der Waals surface area contributed by atoms with Crippen molar-refractivity contribution in [2.24, 2.45) is 10.3 Å². The molecule has 0 atom stereocenters. The minimum atomic E-state index is 0.342. The van der Waals surface area contributed by atoms with E-state index in [0.717, 1.165) is 22.3 Å². The molecule has 0 N–H and O–H groups in total. The van der Waals surface area contributed by atoms with Crippen LogP contribution in [0.5, 0.6) is 0 Å². The van der Waals surface area contributed by atoms with Crippen LogP contribution in [0.15, 0.2) is 71.0 Å². The Labute approximate surface area is 194 Å². The Morgan fingerprint density at radius 1 is 0.567 bits per heavy atom. The average molecular weight is 482 g/mol. The lowest BCUT2D eigenvalue weighted by atomic mass is 10.1. The molecule has 0 aliphatic carbocycles. The molecule has 0 radical (unpaired) electrons. The highest BCUT2D eigenvalue weighted by Crippen LogP contribution is 2.22.